The summed E-state index contributed by atoms with van der Waals surface area (Å²) < 4.78 is 0. The van der Waals surface area contributed by atoms with Crippen molar-refractivity contribution in [3.63, 3.8) is 0 Å². The van der Waals surface area contributed by atoms with Crippen molar-refractivity contribution in [3.8, 4) is 9.75 Å². The summed E-state index contributed by atoms with van der Waals surface area (Å²) in [6.07, 6.45) is 0. The van der Waals surface area contributed by atoms with Crippen molar-refractivity contribution in [3.05, 3.63) is 34.0 Å². The molecule has 2 rings (SSSR count). The van der Waals surface area contributed by atoms with E-state index >= 15 is 0 Å². The molecule has 2 aromatic rings. The van der Waals surface area contributed by atoms with Crippen molar-refractivity contribution in [1.82, 2.24) is 0 Å². The summed E-state index contributed by atoms with van der Waals surface area (Å²) in [4.78, 5) is 5.56. The smallest absolute Gasteiger partial charge is 0.0445 e. The lowest BCUT2D eigenvalue weighted by Gasteiger charge is -1.87. The van der Waals surface area contributed by atoms with Gasteiger partial charge in [-0.25, -0.2) is 0 Å². The van der Waals surface area contributed by atoms with Crippen LogP contribution < -0.4 is 0 Å². The highest BCUT2D eigenvalue weighted by Crippen LogP contribution is 2.32. The lowest BCUT2D eigenvalue weighted by Crippen LogP contribution is -1.55. The number of hydrogen-bond acceptors (Lipinski definition) is 2. The van der Waals surface area contributed by atoms with Gasteiger partial charge in [0.1, 0.15) is 0 Å². The van der Waals surface area contributed by atoms with E-state index in [0.29, 0.717) is 0 Å². The van der Waals surface area contributed by atoms with Crippen LogP contribution in [0.4, 0.5) is 0 Å². The molecule has 76 valence electrons. The Bertz CT molecular complexity index is 344. The van der Waals surface area contributed by atoms with Crippen LogP contribution in [0.1, 0.15) is 23.6 Å². The van der Waals surface area contributed by atoms with Crippen LogP contribution in [0.2, 0.25) is 0 Å². The Morgan fingerprint density at radius 3 is 1.29 bits per heavy atom. The molecule has 0 nitrogen and oxygen atoms in total. The second kappa shape index (κ2) is 5.32. The van der Waals surface area contributed by atoms with Crippen LogP contribution in [0, 0.1) is 13.8 Å². The minimum absolute atomic E-state index is 1.39. The third kappa shape index (κ3) is 2.69. The second-order valence-corrected chi connectivity index (χ2v) is 5.40. The third-order valence-electron chi connectivity index (χ3n) is 1.72. The number of rotatable bonds is 1. The molecule has 0 saturated carbocycles. The predicted molar refractivity (Wildman–Crippen MR) is 68.5 cm³/mol. The quantitative estimate of drug-likeness (QED) is 0.630. The lowest BCUT2D eigenvalue weighted by molar-refractivity contribution is 1.50. The van der Waals surface area contributed by atoms with Crippen molar-refractivity contribution in [2.24, 2.45) is 0 Å². The molecular formula is C12H16S2. The van der Waals surface area contributed by atoms with E-state index < -0.39 is 0 Å². The lowest BCUT2D eigenvalue weighted by atomic mass is 10.3. The Hall–Kier alpha value is -0.600. The number of hydrogen-bond donors (Lipinski definition) is 0. The molecule has 0 atom stereocenters. The molecule has 0 aliphatic heterocycles. The van der Waals surface area contributed by atoms with Crippen molar-refractivity contribution < 1.29 is 0 Å². The van der Waals surface area contributed by atoms with E-state index in [1.54, 1.807) is 0 Å². The molecule has 0 aliphatic rings. The Kier molecular flexibility index (Phi) is 4.36. The maximum Gasteiger partial charge on any atom is 0.0445 e. The zero-order chi connectivity index (χ0) is 10.6. The molecule has 0 aliphatic carbocycles. The van der Waals surface area contributed by atoms with Crippen LogP contribution in [0.5, 0.6) is 0 Å². The Balaban J connectivity index is 0.000000461. The van der Waals surface area contributed by atoms with Crippen molar-refractivity contribution >= 4 is 22.7 Å². The molecule has 0 N–H and O–H groups in total. The van der Waals surface area contributed by atoms with Crippen LogP contribution in [-0.4, -0.2) is 0 Å². The Morgan fingerprint density at radius 1 is 0.714 bits per heavy atom. The first kappa shape index (κ1) is 11.5. The molecule has 0 saturated heterocycles. The largest absolute Gasteiger partial charge is 0.140 e. The van der Waals surface area contributed by atoms with Gasteiger partial charge in [0.25, 0.3) is 0 Å². The zero-order valence-corrected chi connectivity index (χ0v) is 10.8. The highest BCUT2D eigenvalue weighted by atomic mass is 32.1. The van der Waals surface area contributed by atoms with Crippen LogP contribution in [-0.2, 0) is 0 Å². The fraction of sp³-hybridized carbons (Fsp3) is 0.333. The molecule has 0 bridgehead atoms. The standard InChI is InChI=1S/C10H10S2.C2H6/c1-7-3-5-9(11-7)10-6-4-8(2)12-10;1-2/h3-6H,1-2H3;1-2H3. The normalized spacial score (nSPS) is 9.43. The predicted octanol–water partition coefficient (Wildman–Crippen LogP) is 5.12. The fourth-order valence-electron chi connectivity index (χ4n) is 1.13. The molecule has 2 heteroatoms. The Labute approximate surface area is 94.2 Å². The van der Waals surface area contributed by atoms with E-state index in [1.165, 1.54) is 19.5 Å². The third-order valence-corrected chi connectivity index (χ3v) is 3.92. The van der Waals surface area contributed by atoms with E-state index in [9.17, 15) is 0 Å². The summed E-state index contributed by atoms with van der Waals surface area (Å²) in [6, 6.07) is 8.75. The summed E-state index contributed by atoms with van der Waals surface area (Å²) in [5.41, 5.74) is 0. The van der Waals surface area contributed by atoms with Crippen LogP contribution in [0.15, 0.2) is 24.3 Å². The number of thiophene rings is 2. The zero-order valence-electron chi connectivity index (χ0n) is 9.13. The summed E-state index contributed by atoms with van der Waals surface area (Å²) in [7, 11) is 0. The summed E-state index contributed by atoms with van der Waals surface area (Å²) in [5, 5.41) is 0. The van der Waals surface area contributed by atoms with Gasteiger partial charge < -0.3 is 0 Å². The first-order valence-corrected chi connectivity index (χ1v) is 6.52. The maximum atomic E-state index is 2.20. The van der Waals surface area contributed by atoms with Crippen molar-refractivity contribution in [2.45, 2.75) is 27.7 Å². The van der Waals surface area contributed by atoms with Crippen LogP contribution in [0.3, 0.4) is 0 Å². The summed E-state index contributed by atoms with van der Waals surface area (Å²) in [5.74, 6) is 0. The molecule has 14 heavy (non-hydrogen) atoms. The molecule has 0 unspecified atom stereocenters. The van der Waals surface area contributed by atoms with Gasteiger partial charge in [0, 0.05) is 19.5 Å². The first-order valence-electron chi connectivity index (χ1n) is 4.89. The Morgan fingerprint density at radius 2 is 1.07 bits per heavy atom. The van der Waals surface area contributed by atoms with E-state index in [1.807, 2.05) is 36.5 Å². The summed E-state index contributed by atoms with van der Waals surface area (Å²) >= 11 is 3.73. The average Bonchev–Trinajstić information content (AvgIpc) is 2.78. The van der Waals surface area contributed by atoms with E-state index in [-0.39, 0.29) is 0 Å². The first-order chi connectivity index (χ1) is 6.75. The van der Waals surface area contributed by atoms with Gasteiger partial charge in [-0.05, 0) is 38.1 Å². The molecule has 0 aromatic carbocycles. The molecule has 2 heterocycles. The van der Waals surface area contributed by atoms with Crippen LogP contribution >= 0.6 is 22.7 Å². The number of aryl methyl sites for hydroxylation is 2. The van der Waals surface area contributed by atoms with Gasteiger partial charge in [0.15, 0.2) is 0 Å². The minimum atomic E-state index is 1.39. The van der Waals surface area contributed by atoms with Gasteiger partial charge in [-0.1, -0.05) is 13.8 Å². The molecule has 0 amide bonds. The minimum Gasteiger partial charge on any atom is -0.140 e. The van der Waals surface area contributed by atoms with Crippen LogP contribution in [0.25, 0.3) is 9.75 Å². The van der Waals surface area contributed by atoms with Crippen molar-refractivity contribution in [2.75, 3.05) is 0 Å². The molecule has 0 fully saturated rings. The average molecular weight is 224 g/mol. The topological polar surface area (TPSA) is 0 Å². The second-order valence-electron chi connectivity index (χ2n) is 2.82. The van der Waals surface area contributed by atoms with Gasteiger partial charge >= 0.3 is 0 Å². The van der Waals surface area contributed by atoms with E-state index in [0.717, 1.165) is 0 Å². The van der Waals surface area contributed by atoms with Gasteiger partial charge in [0.2, 0.25) is 0 Å². The highest BCUT2D eigenvalue weighted by molar-refractivity contribution is 7.22. The van der Waals surface area contributed by atoms with E-state index in [2.05, 4.69) is 38.1 Å². The van der Waals surface area contributed by atoms with Crippen molar-refractivity contribution in [1.29, 1.82) is 0 Å². The molecule has 2 aromatic heterocycles. The highest BCUT2D eigenvalue weighted by Gasteiger charge is 2.01. The van der Waals surface area contributed by atoms with E-state index in [4.69, 9.17) is 0 Å². The van der Waals surface area contributed by atoms with Gasteiger partial charge in [-0.15, -0.1) is 22.7 Å². The molecular weight excluding hydrogens is 208 g/mol. The maximum absolute atomic E-state index is 2.20. The van der Waals surface area contributed by atoms with Gasteiger partial charge in [0.05, 0.1) is 0 Å². The molecule has 0 spiro atoms. The van der Waals surface area contributed by atoms with Gasteiger partial charge in [-0.3, -0.25) is 0 Å². The summed E-state index contributed by atoms with van der Waals surface area (Å²) in [6.45, 7) is 8.29. The SMILES string of the molecule is CC.Cc1ccc(-c2ccc(C)s2)s1. The van der Waals surface area contributed by atoms with Gasteiger partial charge in [-0.2, -0.15) is 0 Å². The molecule has 0 radical (unpaired) electrons. The fourth-order valence-corrected chi connectivity index (χ4v) is 2.96. The monoisotopic (exact) mass is 224 g/mol.